The van der Waals surface area contributed by atoms with Gasteiger partial charge in [-0.3, -0.25) is 0 Å². The molecule has 1 N–H and O–H groups in total. The third-order valence-corrected chi connectivity index (χ3v) is 5.31. The van der Waals surface area contributed by atoms with Gasteiger partial charge in [-0.05, 0) is 44.7 Å². The van der Waals surface area contributed by atoms with E-state index in [0.717, 1.165) is 29.9 Å². The standard InChI is InChI=1S/C20H28N2O2/c1-4-22(5-2)15-10-11-16-18(13-20(23)24-19(16)12-15)21-17-9-7-6-8-14(17)3/h10-14,17,21H,4-9H2,1-3H3/t14-,17+/m0/s1. The molecule has 0 aliphatic heterocycles. The number of anilines is 2. The molecule has 1 fully saturated rings. The van der Waals surface area contributed by atoms with Crippen molar-refractivity contribution in [2.45, 2.75) is 52.5 Å². The van der Waals surface area contributed by atoms with Gasteiger partial charge in [-0.2, -0.15) is 0 Å². The fraction of sp³-hybridized carbons (Fsp3) is 0.550. The van der Waals surface area contributed by atoms with Gasteiger partial charge in [0.15, 0.2) is 0 Å². The zero-order valence-electron chi connectivity index (χ0n) is 15.0. The van der Waals surface area contributed by atoms with Gasteiger partial charge in [0, 0.05) is 42.3 Å². The predicted octanol–water partition coefficient (Wildman–Crippen LogP) is 4.63. The molecule has 0 unspecified atom stereocenters. The maximum absolute atomic E-state index is 12.0. The Morgan fingerprint density at radius 3 is 2.62 bits per heavy atom. The molecule has 1 aromatic carbocycles. The minimum absolute atomic E-state index is 0.287. The average Bonchev–Trinajstić information content (AvgIpc) is 2.57. The molecular formula is C20H28N2O2. The van der Waals surface area contributed by atoms with Crippen LogP contribution in [0.25, 0.3) is 11.0 Å². The molecule has 1 aliphatic carbocycles. The van der Waals surface area contributed by atoms with E-state index in [2.05, 4.69) is 43.1 Å². The van der Waals surface area contributed by atoms with Crippen molar-refractivity contribution < 1.29 is 4.42 Å². The van der Waals surface area contributed by atoms with Crippen LogP contribution >= 0.6 is 0 Å². The minimum atomic E-state index is -0.287. The maximum atomic E-state index is 12.0. The number of nitrogens with zero attached hydrogens (tertiary/aromatic N) is 1. The second-order valence-corrected chi connectivity index (χ2v) is 6.84. The molecule has 1 aliphatic rings. The van der Waals surface area contributed by atoms with Gasteiger partial charge in [0.05, 0.1) is 5.69 Å². The van der Waals surface area contributed by atoms with Gasteiger partial charge in [0.2, 0.25) is 0 Å². The Bertz CT molecular complexity index is 749. The minimum Gasteiger partial charge on any atom is -0.423 e. The highest BCUT2D eigenvalue weighted by Crippen LogP contribution is 2.31. The van der Waals surface area contributed by atoms with E-state index in [1.807, 2.05) is 6.07 Å². The zero-order chi connectivity index (χ0) is 17.1. The van der Waals surface area contributed by atoms with Crippen LogP contribution < -0.4 is 15.8 Å². The summed E-state index contributed by atoms with van der Waals surface area (Å²) < 4.78 is 5.48. The molecule has 1 aromatic heterocycles. The molecule has 4 nitrogen and oxygen atoms in total. The molecule has 24 heavy (non-hydrogen) atoms. The first-order chi connectivity index (χ1) is 11.6. The van der Waals surface area contributed by atoms with Gasteiger partial charge in [-0.1, -0.05) is 19.8 Å². The predicted molar refractivity (Wildman–Crippen MR) is 101 cm³/mol. The van der Waals surface area contributed by atoms with Crippen molar-refractivity contribution in [3.8, 4) is 0 Å². The van der Waals surface area contributed by atoms with E-state index in [4.69, 9.17) is 4.42 Å². The van der Waals surface area contributed by atoms with Crippen LogP contribution in [0.4, 0.5) is 11.4 Å². The number of nitrogens with one attached hydrogen (secondary N) is 1. The second kappa shape index (κ2) is 7.29. The summed E-state index contributed by atoms with van der Waals surface area (Å²) in [7, 11) is 0. The number of fused-ring (bicyclic) bond motifs is 1. The van der Waals surface area contributed by atoms with Crippen LogP contribution in [0.15, 0.2) is 33.5 Å². The van der Waals surface area contributed by atoms with Gasteiger partial charge in [-0.15, -0.1) is 0 Å². The quantitative estimate of drug-likeness (QED) is 0.813. The summed E-state index contributed by atoms with van der Waals surface area (Å²) >= 11 is 0. The Balaban J connectivity index is 1.97. The molecule has 1 saturated carbocycles. The molecular weight excluding hydrogens is 300 g/mol. The van der Waals surface area contributed by atoms with E-state index >= 15 is 0 Å². The highest BCUT2D eigenvalue weighted by molar-refractivity contribution is 5.91. The lowest BCUT2D eigenvalue weighted by Gasteiger charge is -2.30. The average molecular weight is 328 g/mol. The van der Waals surface area contributed by atoms with Crippen molar-refractivity contribution >= 4 is 22.3 Å². The van der Waals surface area contributed by atoms with Crippen molar-refractivity contribution in [2.24, 2.45) is 5.92 Å². The second-order valence-electron chi connectivity index (χ2n) is 6.84. The monoisotopic (exact) mass is 328 g/mol. The SMILES string of the molecule is CCN(CC)c1ccc2c(N[C@@H]3CCCC[C@@H]3C)cc(=O)oc2c1. The lowest BCUT2D eigenvalue weighted by molar-refractivity contribution is 0.349. The Labute approximate surface area is 143 Å². The van der Waals surface area contributed by atoms with E-state index in [1.54, 1.807) is 6.07 Å². The Kier molecular flexibility index (Phi) is 5.12. The van der Waals surface area contributed by atoms with Gasteiger partial charge < -0.3 is 14.6 Å². The number of rotatable bonds is 5. The summed E-state index contributed by atoms with van der Waals surface area (Å²) in [4.78, 5) is 14.3. The first kappa shape index (κ1) is 16.9. The molecule has 4 heteroatoms. The molecule has 1 heterocycles. The number of hydrogen-bond acceptors (Lipinski definition) is 4. The molecule has 0 bridgehead atoms. The summed E-state index contributed by atoms with van der Waals surface area (Å²) in [6.07, 6.45) is 4.99. The number of hydrogen-bond donors (Lipinski definition) is 1. The van der Waals surface area contributed by atoms with Crippen molar-refractivity contribution in [3.63, 3.8) is 0 Å². The third-order valence-electron chi connectivity index (χ3n) is 5.31. The van der Waals surface area contributed by atoms with Gasteiger partial charge in [0.1, 0.15) is 5.58 Å². The van der Waals surface area contributed by atoms with Crippen molar-refractivity contribution in [1.29, 1.82) is 0 Å². The molecule has 2 atom stereocenters. The van der Waals surface area contributed by atoms with Crippen LogP contribution in [0.1, 0.15) is 46.5 Å². The highest BCUT2D eigenvalue weighted by atomic mass is 16.4. The van der Waals surface area contributed by atoms with Gasteiger partial charge >= 0.3 is 5.63 Å². The fourth-order valence-electron chi connectivity index (χ4n) is 3.79. The lowest BCUT2D eigenvalue weighted by atomic mass is 9.86. The van der Waals surface area contributed by atoms with Crippen LogP contribution in [0, 0.1) is 5.92 Å². The first-order valence-electron chi connectivity index (χ1n) is 9.21. The summed E-state index contributed by atoms with van der Waals surface area (Å²) in [6, 6.07) is 8.21. The Morgan fingerprint density at radius 1 is 1.17 bits per heavy atom. The normalized spacial score (nSPS) is 21.0. The van der Waals surface area contributed by atoms with E-state index in [1.165, 1.54) is 25.7 Å². The van der Waals surface area contributed by atoms with Crippen LogP contribution in [0.2, 0.25) is 0 Å². The first-order valence-corrected chi connectivity index (χ1v) is 9.21. The smallest absolute Gasteiger partial charge is 0.338 e. The summed E-state index contributed by atoms with van der Waals surface area (Å²) in [5.41, 5.74) is 2.38. The maximum Gasteiger partial charge on any atom is 0.338 e. The lowest BCUT2D eigenvalue weighted by Crippen LogP contribution is -2.30. The Hall–Kier alpha value is -1.97. The summed E-state index contributed by atoms with van der Waals surface area (Å²) in [5, 5.41) is 4.61. The Morgan fingerprint density at radius 2 is 1.92 bits per heavy atom. The fourth-order valence-corrected chi connectivity index (χ4v) is 3.79. The van der Waals surface area contributed by atoms with Crippen molar-refractivity contribution in [3.05, 3.63) is 34.7 Å². The van der Waals surface area contributed by atoms with Crippen molar-refractivity contribution in [2.75, 3.05) is 23.3 Å². The zero-order valence-corrected chi connectivity index (χ0v) is 15.0. The van der Waals surface area contributed by atoms with E-state index < -0.39 is 0 Å². The molecule has 3 rings (SSSR count). The van der Waals surface area contributed by atoms with Crippen LogP contribution in [-0.4, -0.2) is 19.1 Å². The van der Waals surface area contributed by atoms with E-state index in [0.29, 0.717) is 17.5 Å². The highest BCUT2D eigenvalue weighted by Gasteiger charge is 2.22. The summed E-state index contributed by atoms with van der Waals surface area (Å²) in [6.45, 7) is 8.43. The third kappa shape index (κ3) is 3.42. The van der Waals surface area contributed by atoms with Crippen LogP contribution in [0.3, 0.4) is 0 Å². The van der Waals surface area contributed by atoms with Gasteiger partial charge in [0.25, 0.3) is 0 Å². The molecule has 0 amide bonds. The number of benzene rings is 1. The molecule has 2 aromatic rings. The van der Waals surface area contributed by atoms with E-state index in [9.17, 15) is 4.79 Å². The molecule has 130 valence electrons. The van der Waals surface area contributed by atoms with Crippen molar-refractivity contribution in [1.82, 2.24) is 0 Å². The summed E-state index contributed by atoms with van der Waals surface area (Å²) in [5.74, 6) is 0.635. The topological polar surface area (TPSA) is 45.5 Å². The molecule has 0 radical (unpaired) electrons. The van der Waals surface area contributed by atoms with Crippen LogP contribution in [-0.2, 0) is 0 Å². The largest absolute Gasteiger partial charge is 0.423 e. The van der Waals surface area contributed by atoms with Gasteiger partial charge in [-0.25, -0.2) is 4.79 Å². The van der Waals surface area contributed by atoms with E-state index in [-0.39, 0.29) is 5.63 Å². The van der Waals surface area contributed by atoms with Crippen LogP contribution in [0.5, 0.6) is 0 Å². The molecule has 0 saturated heterocycles. The molecule has 0 spiro atoms.